The Kier molecular flexibility index (Phi) is 5.09. The van der Waals surface area contributed by atoms with E-state index in [2.05, 4.69) is 15.6 Å². The fourth-order valence-electron chi connectivity index (χ4n) is 1.79. The van der Waals surface area contributed by atoms with Crippen molar-refractivity contribution < 1.29 is 13.9 Å². The molecule has 6 nitrogen and oxygen atoms in total. The van der Waals surface area contributed by atoms with E-state index in [1.54, 1.807) is 13.2 Å². The summed E-state index contributed by atoms with van der Waals surface area (Å²) in [5, 5.41) is 5.93. The van der Waals surface area contributed by atoms with Crippen LogP contribution in [-0.4, -0.2) is 44.2 Å². The fraction of sp³-hybridized carbons (Fsp3) is 0.429. The van der Waals surface area contributed by atoms with Gasteiger partial charge >= 0.3 is 0 Å². The molecular weight excluding hydrogens is 258 g/mol. The molecule has 2 N–H and O–H groups in total. The Hall–Kier alpha value is -1.92. The van der Waals surface area contributed by atoms with Gasteiger partial charge in [0, 0.05) is 38.5 Å². The van der Waals surface area contributed by atoms with E-state index < -0.39 is 0 Å². The minimum absolute atomic E-state index is 0.228. The molecule has 0 spiro atoms. The van der Waals surface area contributed by atoms with Crippen LogP contribution in [0.15, 0.2) is 22.6 Å². The Morgan fingerprint density at radius 2 is 2.20 bits per heavy atom. The molecule has 0 aliphatic heterocycles. The quantitative estimate of drug-likeness (QED) is 0.741. The molecule has 2 aromatic rings. The number of furan rings is 1. The zero-order chi connectivity index (χ0) is 14.4. The molecule has 2 heterocycles. The Morgan fingerprint density at radius 1 is 1.35 bits per heavy atom. The van der Waals surface area contributed by atoms with Crippen molar-refractivity contribution in [2.75, 3.05) is 33.4 Å². The van der Waals surface area contributed by atoms with E-state index in [-0.39, 0.29) is 11.7 Å². The monoisotopic (exact) mass is 277 g/mol. The van der Waals surface area contributed by atoms with Gasteiger partial charge in [-0.25, -0.2) is 4.98 Å². The smallest absolute Gasteiger partial charge is 0.287 e. The molecule has 0 aliphatic carbocycles. The number of ether oxygens (including phenoxy) is 1. The summed E-state index contributed by atoms with van der Waals surface area (Å²) in [5.74, 6) is 0.0594. The van der Waals surface area contributed by atoms with E-state index in [0.717, 1.165) is 12.2 Å². The number of methoxy groups -OCH3 is 1. The number of pyridine rings is 1. The van der Waals surface area contributed by atoms with E-state index >= 15 is 0 Å². The first-order valence-electron chi connectivity index (χ1n) is 6.56. The molecule has 6 heteroatoms. The van der Waals surface area contributed by atoms with Crippen molar-refractivity contribution in [1.29, 1.82) is 0 Å². The molecule has 0 atom stereocenters. The normalized spacial score (nSPS) is 10.9. The highest BCUT2D eigenvalue weighted by molar-refractivity contribution is 5.95. The first-order valence-corrected chi connectivity index (χ1v) is 6.56. The molecule has 20 heavy (non-hydrogen) atoms. The third kappa shape index (κ3) is 3.79. The predicted molar refractivity (Wildman–Crippen MR) is 75.8 cm³/mol. The molecule has 0 fully saturated rings. The van der Waals surface area contributed by atoms with Gasteiger partial charge in [-0.3, -0.25) is 4.79 Å². The van der Waals surface area contributed by atoms with Crippen LogP contribution in [0.3, 0.4) is 0 Å². The Balaban J connectivity index is 1.85. The van der Waals surface area contributed by atoms with Gasteiger partial charge in [0.25, 0.3) is 5.91 Å². The van der Waals surface area contributed by atoms with Crippen LogP contribution < -0.4 is 10.6 Å². The number of fused-ring (bicyclic) bond motifs is 1. The maximum atomic E-state index is 11.9. The molecule has 0 aliphatic rings. The van der Waals surface area contributed by atoms with Gasteiger partial charge in [0.15, 0.2) is 11.3 Å². The zero-order valence-electron chi connectivity index (χ0n) is 11.7. The SMILES string of the molecule is COCCNCCNC(=O)c1cc2nc(C)ccc2o1. The van der Waals surface area contributed by atoms with Gasteiger partial charge in [0.2, 0.25) is 0 Å². The number of hydrogen-bond acceptors (Lipinski definition) is 5. The number of nitrogens with zero attached hydrogens (tertiary/aromatic N) is 1. The first kappa shape index (κ1) is 14.5. The number of amides is 1. The van der Waals surface area contributed by atoms with Gasteiger partial charge in [0.05, 0.1) is 6.61 Å². The van der Waals surface area contributed by atoms with Gasteiger partial charge in [0.1, 0.15) is 5.52 Å². The van der Waals surface area contributed by atoms with Crippen molar-refractivity contribution in [2.45, 2.75) is 6.92 Å². The predicted octanol–water partition coefficient (Wildman–Crippen LogP) is 1.10. The minimum atomic E-state index is -0.228. The van der Waals surface area contributed by atoms with Crippen LogP contribution in [0.1, 0.15) is 16.2 Å². The van der Waals surface area contributed by atoms with Gasteiger partial charge in [-0.05, 0) is 19.1 Å². The van der Waals surface area contributed by atoms with Crippen LogP contribution in [0, 0.1) is 6.92 Å². The van der Waals surface area contributed by atoms with Crippen LogP contribution in [0.2, 0.25) is 0 Å². The number of carbonyl (C=O) groups is 1. The summed E-state index contributed by atoms with van der Waals surface area (Å²) in [4.78, 5) is 16.2. The van der Waals surface area contributed by atoms with Gasteiger partial charge in [-0.2, -0.15) is 0 Å². The second kappa shape index (κ2) is 7.02. The first-order chi connectivity index (χ1) is 9.70. The summed E-state index contributed by atoms with van der Waals surface area (Å²) in [6.07, 6.45) is 0. The van der Waals surface area contributed by atoms with Crippen LogP contribution in [0.4, 0.5) is 0 Å². The lowest BCUT2D eigenvalue weighted by atomic mass is 10.3. The molecule has 0 saturated carbocycles. The minimum Gasteiger partial charge on any atom is -0.449 e. The number of carbonyl (C=O) groups excluding carboxylic acids is 1. The summed E-state index contributed by atoms with van der Waals surface area (Å²) in [7, 11) is 1.65. The van der Waals surface area contributed by atoms with Crippen LogP contribution >= 0.6 is 0 Å². The average molecular weight is 277 g/mol. The van der Waals surface area contributed by atoms with Gasteiger partial charge in [-0.15, -0.1) is 0 Å². The van der Waals surface area contributed by atoms with Crippen molar-refractivity contribution in [1.82, 2.24) is 15.6 Å². The molecule has 1 amide bonds. The number of rotatable bonds is 7. The third-order valence-electron chi connectivity index (χ3n) is 2.81. The number of aryl methyl sites for hydroxylation is 1. The molecule has 2 rings (SSSR count). The molecule has 0 radical (unpaired) electrons. The maximum absolute atomic E-state index is 11.9. The highest BCUT2D eigenvalue weighted by Crippen LogP contribution is 2.17. The Bertz CT molecular complexity index is 580. The van der Waals surface area contributed by atoms with Crippen molar-refractivity contribution >= 4 is 17.0 Å². The summed E-state index contributed by atoms with van der Waals surface area (Å²) < 4.78 is 10.4. The number of hydrogen-bond donors (Lipinski definition) is 2. The highest BCUT2D eigenvalue weighted by Gasteiger charge is 2.12. The molecule has 108 valence electrons. The number of aromatic nitrogens is 1. The summed E-state index contributed by atoms with van der Waals surface area (Å²) in [5.41, 5.74) is 2.22. The fourth-order valence-corrected chi connectivity index (χ4v) is 1.79. The van der Waals surface area contributed by atoms with Crippen LogP contribution in [0.5, 0.6) is 0 Å². The van der Waals surface area contributed by atoms with E-state index in [4.69, 9.17) is 9.15 Å². The topological polar surface area (TPSA) is 76.4 Å². The van der Waals surface area contributed by atoms with E-state index in [9.17, 15) is 4.79 Å². The second-order valence-electron chi connectivity index (χ2n) is 4.45. The standard InChI is InChI=1S/C14H19N3O3/c1-10-3-4-12-11(17-10)9-13(20-12)14(18)16-6-5-15-7-8-19-2/h3-4,9,15H,5-8H2,1-2H3,(H,16,18). The lowest BCUT2D eigenvalue weighted by Crippen LogP contribution is -2.32. The second-order valence-corrected chi connectivity index (χ2v) is 4.45. The lowest BCUT2D eigenvalue weighted by Gasteiger charge is -2.04. The molecular formula is C14H19N3O3. The Labute approximate surface area is 117 Å². The van der Waals surface area contributed by atoms with Crippen LogP contribution in [0.25, 0.3) is 11.1 Å². The molecule has 0 bridgehead atoms. The summed E-state index contributed by atoms with van der Waals surface area (Å²) in [6.45, 7) is 4.54. The molecule has 0 aromatic carbocycles. The Morgan fingerprint density at radius 3 is 3.00 bits per heavy atom. The van der Waals surface area contributed by atoms with Gasteiger partial charge in [-0.1, -0.05) is 0 Å². The van der Waals surface area contributed by atoms with E-state index in [1.165, 1.54) is 0 Å². The highest BCUT2D eigenvalue weighted by atomic mass is 16.5. The van der Waals surface area contributed by atoms with Crippen LogP contribution in [-0.2, 0) is 4.74 Å². The van der Waals surface area contributed by atoms with Crippen molar-refractivity contribution in [3.63, 3.8) is 0 Å². The molecule has 0 unspecified atom stereocenters. The number of nitrogens with one attached hydrogen (secondary N) is 2. The average Bonchev–Trinajstić information content (AvgIpc) is 2.85. The lowest BCUT2D eigenvalue weighted by molar-refractivity contribution is 0.0928. The maximum Gasteiger partial charge on any atom is 0.287 e. The largest absolute Gasteiger partial charge is 0.449 e. The van der Waals surface area contributed by atoms with Crippen molar-refractivity contribution in [2.24, 2.45) is 0 Å². The zero-order valence-corrected chi connectivity index (χ0v) is 11.7. The van der Waals surface area contributed by atoms with Gasteiger partial charge < -0.3 is 19.8 Å². The van der Waals surface area contributed by atoms with E-state index in [1.807, 2.05) is 19.1 Å². The summed E-state index contributed by atoms with van der Waals surface area (Å²) >= 11 is 0. The third-order valence-corrected chi connectivity index (χ3v) is 2.81. The van der Waals surface area contributed by atoms with E-state index in [0.29, 0.717) is 30.8 Å². The van der Waals surface area contributed by atoms with Crippen molar-refractivity contribution in [3.8, 4) is 0 Å². The molecule has 2 aromatic heterocycles. The van der Waals surface area contributed by atoms with Crippen molar-refractivity contribution in [3.05, 3.63) is 29.7 Å². The summed E-state index contributed by atoms with van der Waals surface area (Å²) in [6, 6.07) is 5.34. The molecule has 0 saturated heterocycles.